The Balaban J connectivity index is 0.00000529. The summed E-state index contributed by atoms with van der Waals surface area (Å²) in [6.07, 6.45) is 1.06. The molecule has 7 nitrogen and oxygen atoms in total. The molecule has 0 aromatic heterocycles. The number of ether oxygens (including phenoxy) is 1. The zero-order chi connectivity index (χ0) is 17.1. The fourth-order valence-electron chi connectivity index (χ4n) is 1.85. The number of hydrogen-bond acceptors (Lipinski definition) is 4. The van der Waals surface area contributed by atoms with E-state index in [0.29, 0.717) is 31.6 Å². The second-order valence-electron chi connectivity index (χ2n) is 5.57. The van der Waals surface area contributed by atoms with Crippen molar-refractivity contribution in [2.24, 2.45) is 10.9 Å². The molecule has 2 N–H and O–H groups in total. The van der Waals surface area contributed by atoms with Gasteiger partial charge in [0.15, 0.2) is 5.96 Å². The zero-order valence-electron chi connectivity index (χ0n) is 14.4. The van der Waals surface area contributed by atoms with Crippen molar-refractivity contribution in [2.45, 2.75) is 26.8 Å². The summed E-state index contributed by atoms with van der Waals surface area (Å²) in [6, 6.07) is 6.54. The third kappa shape index (κ3) is 9.66. The maximum Gasteiger partial charge on any atom is 0.269 e. The molecule has 0 radical (unpaired) electrons. The van der Waals surface area contributed by atoms with Crippen molar-refractivity contribution in [1.82, 2.24) is 10.6 Å². The molecule has 0 aliphatic carbocycles. The van der Waals surface area contributed by atoms with Gasteiger partial charge in [-0.15, -0.1) is 24.0 Å². The predicted octanol–water partition coefficient (Wildman–Crippen LogP) is 2.94. The molecular formula is C16H27IN4O3. The highest BCUT2D eigenvalue weighted by molar-refractivity contribution is 14.0. The van der Waals surface area contributed by atoms with E-state index in [1.807, 2.05) is 6.07 Å². The Morgan fingerprint density at radius 1 is 1.33 bits per heavy atom. The average Bonchev–Trinajstić information content (AvgIpc) is 2.53. The maximum absolute atomic E-state index is 10.8. The molecule has 0 atom stereocenters. The average molecular weight is 450 g/mol. The van der Waals surface area contributed by atoms with Crippen LogP contribution in [0.2, 0.25) is 0 Å². The maximum atomic E-state index is 10.8. The number of nitro benzene ring substituents is 1. The molecule has 0 spiro atoms. The highest BCUT2D eigenvalue weighted by Gasteiger charge is 2.06. The number of aliphatic imine (C=N–C) groups is 1. The Morgan fingerprint density at radius 2 is 2.08 bits per heavy atom. The SMILES string of the molecule is CN=C(NCCOCCC(C)C)NCc1cccc([N+](=O)[O-])c1.I. The number of halogens is 1. The lowest BCUT2D eigenvalue weighted by Crippen LogP contribution is -2.38. The minimum Gasteiger partial charge on any atom is -0.380 e. The van der Waals surface area contributed by atoms with Crippen LogP contribution in [0.3, 0.4) is 0 Å². The smallest absolute Gasteiger partial charge is 0.269 e. The Hall–Kier alpha value is -1.42. The molecule has 24 heavy (non-hydrogen) atoms. The van der Waals surface area contributed by atoms with Gasteiger partial charge in [0.05, 0.1) is 11.5 Å². The largest absolute Gasteiger partial charge is 0.380 e. The van der Waals surface area contributed by atoms with E-state index in [9.17, 15) is 10.1 Å². The van der Waals surface area contributed by atoms with Gasteiger partial charge in [0, 0.05) is 38.9 Å². The van der Waals surface area contributed by atoms with Gasteiger partial charge in [-0.1, -0.05) is 26.0 Å². The molecular weight excluding hydrogens is 423 g/mol. The molecule has 0 aliphatic heterocycles. The van der Waals surface area contributed by atoms with E-state index in [4.69, 9.17) is 4.74 Å². The number of guanidine groups is 1. The van der Waals surface area contributed by atoms with Crippen molar-refractivity contribution >= 4 is 35.6 Å². The number of rotatable bonds is 9. The fourth-order valence-corrected chi connectivity index (χ4v) is 1.85. The Morgan fingerprint density at radius 3 is 2.71 bits per heavy atom. The first-order valence-electron chi connectivity index (χ1n) is 7.78. The van der Waals surface area contributed by atoms with Crippen molar-refractivity contribution in [3.63, 3.8) is 0 Å². The second kappa shape index (κ2) is 12.9. The number of non-ortho nitro benzene ring substituents is 1. The number of nitrogens with zero attached hydrogens (tertiary/aromatic N) is 2. The number of nitrogens with one attached hydrogen (secondary N) is 2. The van der Waals surface area contributed by atoms with Crippen LogP contribution in [0.25, 0.3) is 0 Å². The van der Waals surface area contributed by atoms with Crippen LogP contribution < -0.4 is 10.6 Å². The molecule has 0 heterocycles. The summed E-state index contributed by atoms with van der Waals surface area (Å²) >= 11 is 0. The van der Waals surface area contributed by atoms with Crippen LogP contribution >= 0.6 is 24.0 Å². The van der Waals surface area contributed by atoms with Crippen molar-refractivity contribution in [3.8, 4) is 0 Å². The molecule has 0 saturated carbocycles. The molecule has 1 aromatic carbocycles. The van der Waals surface area contributed by atoms with Gasteiger partial charge in [0.2, 0.25) is 0 Å². The summed E-state index contributed by atoms with van der Waals surface area (Å²) in [5.74, 6) is 1.29. The van der Waals surface area contributed by atoms with E-state index in [0.717, 1.165) is 18.6 Å². The van der Waals surface area contributed by atoms with Crippen LogP contribution in [0.5, 0.6) is 0 Å². The number of benzene rings is 1. The summed E-state index contributed by atoms with van der Waals surface area (Å²) in [5.41, 5.74) is 0.918. The third-order valence-electron chi connectivity index (χ3n) is 3.18. The van der Waals surface area contributed by atoms with Crippen LogP contribution in [0.15, 0.2) is 29.3 Å². The van der Waals surface area contributed by atoms with E-state index < -0.39 is 4.92 Å². The lowest BCUT2D eigenvalue weighted by molar-refractivity contribution is -0.384. The van der Waals surface area contributed by atoms with Gasteiger partial charge in [-0.3, -0.25) is 15.1 Å². The zero-order valence-corrected chi connectivity index (χ0v) is 16.8. The molecule has 0 saturated heterocycles. The van der Waals surface area contributed by atoms with Crippen LogP contribution in [0, 0.1) is 16.0 Å². The van der Waals surface area contributed by atoms with Gasteiger partial charge in [-0.25, -0.2) is 0 Å². The highest BCUT2D eigenvalue weighted by atomic mass is 127. The molecule has 136 valence electrons. The Bertz CT molecular complexity index is 524. The molecule has 1 aromatic rings. The molecule has 1 rings (SSSR count). The van der Waals surface area contributed by atoms with E-state index in [1.54, 1.807) is 19.2 Å². The fraction of sp³-hybridized carbons (Fsp3) is 0.562. The quantitative estimate of drug-likeness (QED) is 0.151. The molecule has 0 fully saturated rings. The van der Waals surface area contributed by atoms with Crippen molar-refractivity contribution in [2.75, 3.05) is 26.8 Å². The van der Waals surface area contributed by atoms with Crippen LogP contribution in [0.1, 0.15) is 25.8 Å². The molecule has 8 heteroatoms. The lowest BCUT2D eigenvalue weighted by atomic mass is 10.1. The monoisotopic (exact) mass is 450 g/mol. The summed E-state index contributed by atoms with van der Waals surface area (Å²) in [7, 11) is 1.68. The Labute approximate surface area is 160 Å². The first kappa shape index (κ1) is 22.6. The van der Waals surface area contributed by atoms with E-state index in [2.05, 4.69) is 29.5 Å². The van der Waals surface area contributed by atoms with Crippen molar-refractivity contribution in [3.05, 3.63) is 39.9 Å². The second-order valence-corrected chi connectivity index (χ2v) is 5.57. The third-order valence-corrected chi connectivity index (χ3v) is 3.18. The summed E-state index contributed by atoms with van der Waals surface area (Å²) in [6.45, 7) is 6.84. The molecule has 0 aliphatic rings. The number of nitro groups is 1. The number of hydrogen-bond donors (Lipinski definition) is 2. The lowest BCUT2D eigenvalue weighted by Gasteiger charge is -2.12. The van der Waals surface area contributed by atoms with Crippen LogP contribution in [-0.4, -0.2) is 37.7 Å². The van der Waals surface area contributed by atoms with Crippen molar-refractivity contribution < 1.29 is 9.66 Å². The minimum absolute atomic E-state index is 0. The van der Waals surface area contributed by atoms with Crippen molar-refractivity contribution in [1.29, 1.82) is 0 Å². The van der Waals surface area contributed by atoms with Crippen LogP contribution in [-0.2, 0) is 11.3 Å². The summed E-state index contributed by atoms with van der Waals surface area (Å²) in [4.78, 5) is 14.5. The minimum atomic E-state index is -0.398. The molecule has 0 unspecified atom stereocenters. The van der Waals surface area contributed by atoms with Crippen LogP contribution in [0.4, 0.5) is 5.69 Å². The first-order chi connectivity index (χ1) is 11.0. The van der Waals surface area contributed by atoms with Gasteiger partial charge < -0.3 is 15.4 Å². The van der Waals surface area contributed by atoms with Gasteiger partial charge >= 0.3 is 0 Å². The van der Waals surface area contributed by atoms with Gasteiger partial charge in [-0.2, -0.15) is 0 Å². The molecule has 0 bridgehead atoms. The normalized spacial score (nSPS) is 11.1. The topological polar surface area (TPSA) is 88.8 Å². The summed E-state index contributed by atoms with van der Waals surface area (Å²) < 4.78 is 5.52. The van der Waals surface area contributed by atoms with Gasteiger partial charge in [0.1, 0.15) is 0 Å². The molecule has 0 amide bonds. The van der Waals surface area contributed by atoms with Gasteiger partial charge in [0.25, 0.3) is 5.69 Å². The van der Waals surface area contributed by atoms with Gasteiger partial charge in [-0.05, 0) is 17.9 Å². The van der Waals surface area contributed by atoms with E-state index in [1.165, 1.54) is 6.07 Å². The van der Waals surface area contributed by atoms with E-state index >= 15 is 0 Å². The first-order valence-corrected chi connectivity index (χ1v) is 7.78. The summed E-state index contributed by atoms with van der Waals surface area (Å²) in [5, 5.41) is 17.0. The highest BCUT2D eigenvalue weighted by Crippen LogP contribution is 2.12. The Kier molecular flexibility index (Phi) is 12.2. The standard InChI is InChI=1S/C16H26N4O3.HI/c1-13(2)7-9-23-10-8-18-16(17-3)19-12-14-5-4-6-15(11-14)20(21)22;/h4-6,11,13H,7-10,12H2,1-3H3,(H2,17,18,19);1H. The van der Waals surface area contributed by atoms with E-state index in [-0.39, 0.29) is 29.7 Å². The predicted molar refractivity (Wildman–Crippen MR) is 107 cm³/mol.